The summed E-state index contributed by atoms with van der Waals surface area (Å²) in [5.74, 6) is 0.744. The average molecular weight is 451 g/mol. The molecule has 0 fully saturated rings. The number of aromatic hydroxyl groups is 1. The number of anilines is 1. The summed E-state index contributed by atoms with van der Waals surface area (Å²) in [5, 5.41) is 15.7. The first-order valence-corrected chi connectivity index (χ1v) is 9.93. The normalized spacial score (nSPS) is 11.6. The highest BCUT2D eigenvalue weighted by Gasteiger charge is 2.13. The van der Waals surface area contributed by atoms with Gasteiger partial charge in [-0.05, 0) is 83.3 Å². The summed E-state index contributed by atoms with van der Waals surface area (Å²) in [5.41, 5.74) is 1.99. The molecule has 3 N–H and O–H groups in total. The van der Waals surface area contributed by atoms with Gasteiger partial charge in [0.1, 0.15) is 11.5 Å². The number of nitrogens with one attached hydrogen (secondary N) is 2. The van der Waals surface area contributed by atoms with Crippen molar-refractivity contribution < 1.29 is 14.6 Å². The Morgan fingerprint density at radius 1 is 1.26 bits per heavy atom. The highest BCUT2D eigenvalue weighted by Crippen LogP contribution is 2.29. The summed E-state index contributed by atoms with van der Waals surface area (Å²) in [6.07, 6.45) is 0.984. The van der Waals surface area contributed by atoms with Crippen LogP contribution < -0.4 is 15.4 Å². The molecule has 0 saturated heterocycles. The van der Waals surface area contributed by atoms with Gasteiger partial charge in [-0.3, -0.25) is 10.1 Å². The van der Waals surface area contributed by atoms with Gasteiger partial charge in [0.05, 0.1) is 16.8 Å². The lowest BCUT2D eigenvalue weighted by atomic mass is 9.98. The fourth-order valence-corrected chi connectivity index (χ4v) is 3.14. The van der Waals surface area contributed by atoms with Gasteiger partial charge < -0.3 is 15.2 Å². The number of hydrogen-bond donors (Lipinski definition) is 3. The Hall–Kier alpha value is -2.12. The van der Waals surface area contributed by atoms with E-state index in [1.165, 1.54) is 0 Å². The molecule has 5 nitrogen and oxygen atoms in total. The smallest absolute Gasteiger partial charge is 0.257 e. The third-order valence-electron chi connectivity index (χ3n) is 4.17. The van der Waals surface area contributed by atoms with E-state index in [-0.39, 0.29) is 16.8 Å². The minimum Gasteiger partial charge on any atom is -0.506 e. The van der Waals surface area contributed by atoms with Crippen molar-refractivity contribution >= 4 is 44.9 Å². The molecule has 0 aliphatic heterocycles. The predicted octanol–water partition coefficient (Wildman–Crippen LogP) is 5.19. The Bertz CT molecular complexity index is 842. The van der Waals surface area contributed by atoms with Crippen molar-refractivity contribution in [3.05, 3.63) is 52.0 Å². The van der Waals surface area contributed by atoms with E-state index >= 15 is 0 Å². The highest BCUT2D eigenvalue weighted by atomic mass is 79.9. The first kappa shape index (κ1) is 21.2. The van der Waals surface area contributed by atoms with E-state index in [2.05, 4.69) is 40.4 Å². The van der Waals surface area contributed by atoms with Crippen LogP contribution >= 0.6 is 28.1 Å². The molecular formula is C20H23BrN2O3S. The van der Waals surface area contributed by atoms with Gasteiger partial charge >= 0.3 is 0 Å². The van der Waals surface area contributed by atoms with Crippen molar-refractivity contribution in [1.82, 2.24) is 5.32 Å². The molecule has 0 aliphatic carbocycles. The molecule has 0 saturated carbocycles. The van der Waals surface area contributed by atoms with E-state index in [1.54, 1.807) is 24.3 Å². The number of carbonyl (C=O) groups is 1. The first-order chi connectivity index (χ1) is 12.8. The maximum absolute atomic E-state index is 12.4. The lowest BCUT2D eigenvalue weighted by Crippen LogP contribution is -2.34. The van der Waals surface area contributed by atoms with E-state index in [1.807, 2.05) is 19.1 Å². The number of benzene rings is 2. The summed E-state index contributed by atoms with van der Waals surface area (Å²) in [6, 6.07) is 10.4. The number of rotatable bonds is 6. The molecule has 0 unspecified atom stereocenters. The molecule has 0 spiro atoms. The molecule has 1 atom stereocenters. The first-order valence-electron chi connectivity index (χ1n) is 8.73. The Morgan fingerprint density at radius 2 is 2.00 bits per heavy atom. The van der Waals surface area contributed by atoms with Crippen LogP contribution in [0.15, 0.2) is 40.9 Å². The second-order valence-corrected chi connectivity index (χ2v) is 7.33. The van der Waals surface area contributed by atoms with Gasteiger partial charge in [-0.1, -0.05) is 19.9 Å². The third kappa shape index (κ3) is 5.68. The number of phenolic OH excluding ortho intramolecular Hbond substituents is 1. The monoisotopic (exact) mass is 450 g/mol. The predicted molar refractivity (Wildman–Crippen MR) is 116 cm³/mol. The van der Waals surface area contributed by atoms with Gasteiger partial charge in [0.25, 0.3) is 5.91 Å². The van der Waals surface area contributed by atoms with E-state index < -0.39 is 0 Å². The Morgan fingerprint density at radius 3 is 2.63 bits per heavy atom. The molecule has 0 heterocycles. The molecule has 0 aromatic heterocycles. The van der Waals surface area contributed by atoms with Crippen LogP contribution in [0.5, 0.6) is 11.5 Å². The van der Waals surface area contributed by atoms with Gasteiger partial charge in [-0.25, -0.2) is 0 Å². The van der Waals surface area contributed by atoms with E-state index in [4.69, 9.17) is 17.0 Å². The minimum atomic E-state index is -0.353. The molecule has 0 bridgehead atoms. The maximum atomic E-state index is 12.4. The topological polar surface area (TPSA) is 70.6 Å². The van der Waals surface area contributed by atoms with Crippen molar-refractivity contribution in [2.75, 3.05) is 11.9 Å². The molecule has 144 valence electrons. The summed E-state index contributed by atoms with van der Waals surface area (Å²) >= 11 is 8.61. The molecule has 27 heavy (non-hydrogen) atoms. The average Bonchev–Trinajstić information content (AvgIpc) is 2.64. The van der Waals surface area contributed by atoms with Gasteiger partial charge in [0, 0.05) is 5.56 Å². The molecule has 0 aliphatic rings. The fraction of sp³-hybridized carbons (Fsp3) is 0.300. The second kappa shape index (κ2) is 9.71. The largest absolute Gasteiger partial charge is 0.506 e. The van der Waals surface area contributed by atoms with Crippen molar-refractivity contribution in [2.45, 2.75) is 33.1 Å². The number of thiocarbonyl (C=S) groups is 1. The Kier molecular flexibility index (Phi) is 7.62. The van der Waals surface area contributed by atoms with E-state index in [0.29, 0.717) is 34.0 Å². The van der Waals surface area contributed by atoms with Gasteiger partial charge in [-0.2, -0.15) is 0 Å². The van der Waals surface area contributed by atoms with Gasteiger partial charge in [-0.15, -0.1) is 0 Å². The van der Waals surface area contributed by atoms with Crippen LogP contribution in [0, 0.1) is 0 Å². The second-order valence-electron chi connectivity index (χ2n) is 6.07. The lowest BCUT2D eigenvalue weighted by molar-refractivity contribution is 0.0977. The van der Waals surface area contributed by atoms with E-state index in [0.717, 1.165) is 12.0 Å². The number of carbonyl (C=O) groups excluding carboxylic acids is 1. The molecule has 7 heteroatoms. The lowest BCUT2D eigenvalue weighted by Gasteiger charge is -2.15. The summed E-state index contributed by atoms with van der Waals surface area (Å²) < 4.78 is 6.13. The van der Waals surface area contributed by atoms with Gasteiger partial charge in [0.2, 0.25) is 0 Å². The number of hydrogen-bond acceptors (Lipinski definition) is 4. The third-order valence-corrected chi connectivity index (χ3v) is 5.00. The van der Waals surface area contributed by atoms with Crippen LogP contribution in [-0.4, -0.2) is 22.7 Å². The fourth-order valence-electron chi connectivity index (χ4n) is 2.44. The van der Waals surface area contributed by atoms with Crippen molar-refractivity contribution in [1.29, 1.82) is 0 Å². The van der Waals surface area contributed by atoms with Crippen LogP contribution in [-0.2, 0) is 0 Å². The summed E-state index contributed by atoms with van der Waals surface area (Å²) in [6.45, 7) is 6.64. The molecule has 0 radical (unpaired) electrons. The van der Waals surface area contributed by atoms with Crippen LogP contribution in [0.2, 0.25) is 0 Å². The zero-order chi connectivity index (χ0) is 20.0. The van der Waals surface area contributed by atoms with E-state index in [9.17, 15) is 9.90 Å². The number of ether oxygens (including phenoxy) is 1. The maximum Gasteiger partial charge on any atom is 0.257 e. The Labute approximate surface area is 173 Å². The standard InChI is InChI=1S/C20H23BrN2O3S/c1-4-12(3)13-6-8-17(24)16(11-13)22-20(27)23-19(25)14-7-9-18(26-5-2)15(21)10-14/h6-12,24H,4-5H2,1-3H3,(H2,22,23,25,27)/t12-/m1/s1. The van der Waals surface area contributed by atoms with Crippen molar-refractivity contribution in [3.63, 3.8) is 0 Å². The molecule has 2 aromatic carbocycles. The highest BCUT2D eigenvalue weighted by molar-refractivity contribution is 9.10. The molecule has 2 aromatic rings. The SMILES string of the molecule is CCOc1ccc(C(=O)NC(=S)Nc2cc([C@H](C)CC)ccc2O)cc1Br. The van der Waals surface area contributed by atoms with Crippen LogP contribution in [0.1, 0.15) is 49.0 Å². The molecule has 2 rings (SSSR count). The summed E-state index contributed by atoms with van der Waals surface area (Å²) in [4.78, 5) is 12.4. The number of halogens is 1. The van der Waals surface area contributed by atoms with Crippen LogP contribution in [0.3, 0.4) is 0 Å². The zero-order valence-corrected chi connectivity index (χ0v) is 17.9. The molecule has 1 amide bonds. The van der Waals surface area contributed by atoms with Crippen molar-refractivity contribution in [2.24, 2.45) is 0 Å². The summed E-state index contributed by atoms with van der Waals surface area (Å²) in [7, 11) is 0. The quantitative estimate of drug-likeness (QED) is 0.416. The number of phenols is 1. The van der Waals surface area contributed by atoms with Crippen molar-refractivity contribution in [3.8, 4) is 11.5 Å². The van der Waals surface area contributed by atoms with Crippen LogP contribution in [0.4, 0.5) is 5.69 Å². The van der Waals surface area contributed by atoms with Crippen LogP contribution in [0.25, 0.3) is 0 Å². The minimum absolute atomic E-state index is 0.0717. The Balaban J connectivity index is 2.07. The zero-order valence-electron chi connectivity index (χ0n) is 15.5. The van der Waals surface area contributed by atoms with Gasteiger partial charge in [0.15, 0.2) is 5.11 Å². The number of amides is 1. The molecular weight excluding hydrogens is 428 g/mol.